The quantitative estimate of drug-likeness (QED) is 0.312. The lowest BCUT2D eigenvalue weighted by Crippen LogP contribution is -2.38. The molecule has 0 aliphatic rings. The number of nitrogens with one attached hydrogen (secondary N) is 2. The monoisotopic (exact) mass is 223 g/mol. The fourth-order valence-corrected chi connectivity index (χ4v) is 1.35. The number of hydrogen-bond donors (Lipinski definition) is 3. The molecule has 0 fully saturated rings. The maximum absolute atomic E-state index is 7.36. The Morgan fingerprint density at radius 3 is 2.62 bits per heavy atom. The minimum Gasteiger partial charge on any atom is -0.370 e. The zero-order valence-corrected chi connectivity index (χ0v) is 9.91. The van der Waals surface area contributed by atoms with E-state index in [1.807, 2.05) is 6.08 Å². The van der Waals surface area contributed by atoms with Crippen molar-refractivity contribution in [2.45, 2.75) is 18.9 Å². The molecule has 0 aromatic rings. The molecule has 16 heavy (non-hydrogen) atoms. The maximum atomic E-state index is 7.36. The third-order valence-corrected chi connectivity index (χ3v) is 2.22. The summed E-state index contributed by atoms with van der Waals surface area (Å²) in [7, 11) is 0. The molecule has 0 aliphatic carbocycles. The van der Waals surface area contributed by atoms with Crippen LogP contribution in [0.15, 0.2) is 25.3 Å². The van der Waals surface area contributed by atoms with Crippen LogP contribution in [0, 0.1) is 12.3 Å². The Morgan fingerprint density at radius 2 is 2.12 bits per heavy atom. The van der Waals surface area contributed by atoms with Crippen molar-refractivity contribution in [3.8, 4) is 0 Å². The summed E-state index contributed by atoms with van der Waals surface area (Å²) >= 11 is 0. The predicted molar refractivity (Wildman–Crippen MR) is 70.3 cm³/mol. The van der Waals surface area contributed by atoms with E-state index in [4.69, 9.17) is 11.1 Å². The van der Waals surface area contributed by atoms with Crippen LogP contribution >= 0.6 is 0 Å². The van der Waals surface area contributed by atoms with Crippen molar-refractivity contribution in [3.05, 3.63) is 32.2 Å². The Hall–Kier alpha value is -1.29. The van der Waals surface area contributed by atoms with Gasteiger partial charge in [0.15, 0.2) is 5.96 Å². The molecule has 4 heteroatoms. The molecule has 1 unspecified atom stereocenters. The van der Waals surface area contributed by atoms with Gasteiger partial charge in [-0.3, -0.25) is 5.41 Å². The van der Waals surface area contributed by atoms with Crippen molar-refractivity contribution in [1.29, 1.82) is 5.41 Å². The Bertz CT molecular complexity index is 225. The first kappa shape index (κ1) is 14.7. The zero-order valence-electron chi connectivity index (χ0n) is 9.91. The molecule has 0 aromatic carbocycles. The molecule has 0 spiro atoms. The molecule has 0 bridgehead atoms. The molecule has 0 amide bonds. The molecule has 0 aromatic heterocycles. The maximum Gasteiger partial charge on any atom is 0.188 e. The van der Waals surface area contributed by atoms with Crippen molar-refractivity contribution in [2.75, 3.05) is 19.6 Å². The molecule has 0 aliphatic heterocycles. The van der Waals surface area contributed by atoms with Crippen molar-refractivity contribution in [2.24, 2.45) is 5.73 Å². The normalized spacial score (nSPS) is 11.8. The van der Waals surface area contributed by atoms with Crippen LogP contribution in [-0.4, -0.2) is 36.5 Å². The Labute approximate surface area is 98.7 Å². The summed E-state index contributed by atoms with van der Waals surface area (Å²) in [6.45, 7) is 13.4. The Kier molecular flexibility index (Phi) is 8.25. The Morgan fingerprint density at radius 1 is 1.44 bits per heavy atom. The number of rotatable bonds is 9. The van der Waals surface area contributed by atoms with Gasteiger partial charge in [0.2, 0.25) is 0 Å². The van der Waals surface area contributed by atoms with E-state index in [0.29, 0.717) is 6.54 Å². The van der Waals surface area contributed by atoms with Gasteiger partial charge in [0, 0.05) is 25.7 Å². The fraction of sp³-hybridized carbons (Fsp3) is 0.500. The molecule has 0 saturated carbocycles. The molecule has 1 radical (unpaired) electrons. The summed E-state index contributed by atoms with van der Waals surface area (Å²) in [5, 5.41) is 10.6. The van der Waals surface area contributed by atoms with E-state index in [-0.39, 0.29) is 12.0 Å². The number of nitrogens with two attached hydrogens (primary N) is 1. The van der Waals surface area contributed by atoms with E-state index in [1.165, 1.54) is 0 Å². The van der Waals surface area contributed by atoms with Crippen LogP contribution in [-0.2, 0) is 0 Å². The molecule has 4 nitrogen and oxygen atoms in total. The van der Waals surface area contributed by atoms with Gasteiger partial charge in [0.25, 0.3) is 0 Å². The van der Waals surface area contributed by atoms with Gasteiger partial charge in [-0.2, -0.15) is 0 Å². The molecule has 91 valence electrons. The van der Waals surface area contributed by atoms with Gasteiger partial charge >= 0.3 is 0 Å². The summed E-state index contributed by atoms with van der Waals surface area (Å²) in [4.78, 5) is 1.78. The first-order chi connectivity index (χ1) is 7.61. The standard InChI is InChI=1S/C12H23N4/c1-4-8-15-11(3)7-6-10-16(9-5-2)12(13)14/h4-5,11,15H,1-3,6-10H2,(H3,13,14). The van der Waals surface area contributed by atoms with Crippen LogP contribution < -0.4 is 11.1 Å². The van der Waals surface area contributed by atoms with Crippen LogP contribution in [0.5, 0.6) is 0 Å². The minimum atomic E-state index is 0.0968. The summed E-state index contributed by atoms with van der Waals surface area (Å²) in [6, 6.07) is 0.218. The molecular formula is C12H23N4. The van der Waals surface area contributed by atoms with E-state index in [1.54, 1.807) is 11.0 Å². The molecule has 0 rings (SSSR count). The van der Waals surface area contributed by atoms with Gasteiger partial charge in [-0.15, -0.1) is 13.2 Å². The van der Waals surface area contributed by atoms with E-state index < -0.39 is 0 Å². The third kappa shape index (κ3) is 7.06. The second kappa shape index (κ2) is 8.97. The Balaban J connectivity index is 3.71. The molecule has 0 saturated heterocycles. The van der Waals surface area contributed by atoms with Gasteiger partial charge in [0.05, 0.1) is 0 Å². The van der Waals surface area contributed by atoms with Crippen molar-refractivity contribution >= 4 is 5.96 Å². The number of hydrogen-bond acceptors (Lipinski definition) is 2. The van der Waals surface area contributed by atoms with E-state index in [2.05, 4.69) is 25.4 Å². The summed E-state index contributed by atoms with van der Waals surface area (Å²) in [5.74, 6) is 0.0968. The average molecular weight is 223 g/mol. The van der Waals surface area contributed by atoms with E-state index in [0.717, 1.165) is 25.9 Å². The second-order valence-electron chi connectivity index (χ2n) is 3.66. The number of guanidine groups is 1. The highest BCUT2D eigenvalue weighted by atomic mass is 15.2. The van der Waals surface area contributed by atoms with E-state index in [9.17, 15) is 0 Å². The molecule has 4 N–H and O–H groups in total. The van der Waals surface area contributed by atoms with Gasteiger partial charge < -0.3 is 16.0 Å². The second-order valence-corrected chi connectivity index (χ2v) is 3.66. The van der Waals surface area contributed by atoms with Crippen LogP contribution in [0.25, 0.3) is 0 Å². The lowest BCUT2D eigenvalue weighted by molar-refractivity contribution is 0.419. The smallest absolute Gasteiger partial charge is 0.188 e. The highest BCUT2D eigenvalue weighted by Gasteiger charge is 2.05. The third-order valence-electron chi connectivity index (χ3n) is 2.22. The van der Waals surface area contributed by atoms with Crippen LogP contribution in [0.1, 0.15) is 12.8 Å². The molecular weight excluding hydrogens is 200 g/mol. The molecule has 0 heterocycles. The van der Waals surface area contributed by atoms with Crippen LogP contribution in [0.4, 0.5) is 0 Å². The topological polar surface area (TPSA) is 65.1 Å². The minimum absolute atomic E-state index is 0.0968. The van der Waals surface area contributed by atoms with Gasteiger partial charge in [-0.05, 0) is 19.8 Å². The fourth-order valence-electron chi connectivity index (χ4n) is 1.35. The van der Waals surface area contributed by atoms with Crippen LogP contribution in [0.3, 0.4) is 0 Å². The summed E-state index contributed by atoms with van der Waals surface area (Å²) < 4.78 is 0. The van der Waals surface area contributed by atoms with Gasteiger partial charge in [0.1, 0.15) is 0 Å². The predicted octanol–water partition coefficient (Wildman–Crippen LogP) is 1.13. The summed E-state index contributed by atoms with van der Waals surface area (Å²) in [5.41, 5.74) is 5.44. The van der Waals surface area contributed by atoms with Crippen molar-refractivity contribution < 1.29 is 0 Å². The summed E-state index contributed by atoms with van der Waals surface area (Å²) in [6.07, 6.45) is 5.47. The van der Waals surface area contributed by atoms with Crippen LogP contribution in [0.2, 0.25) is 0 Å². The van der Waals surface area contributed by atoms with Crippen molar-refractivity contribution in [1.82, 2.24) is 10.2 Å². The zero-order chi connectivity index (χ0) is 12.4. The largest absolute Gasteiger partial charge is 0.370 e. The average Bonchev–Trinajstić information content (AvgIpc) is 2.25. The van der Waals surface area contributed by atoms with Crippen molar-refractivity contribution in [3.63, 3.8) is 0 Å². The first-order valence-electron chi connectivity index (χ1n) is 5.49. The van der Waals surface area contributed by atoms with E-state index >= 15 is 0 Å². The first-order valence-corrected chi connectivity index (χ1v) is 5.49. The van der Waals surface area contributed by atoms with Gasteiger partial charge in [-0.1, -0.05) is 12.2 Å². The number of nitrogens with zero attached hydrogens (tertiary/aromatic N) is 1. The lowest BCUT2D eigenvalue weighted by Gasteiger charge is -2.21. The van der Waals surface area contributed by atoms with Gasteiger partial charge in [-0.25, -0.2) is 0 Å². The SMILES string of the molecule is [CH2]C(CCCN(CC=C)C(=N)N)NCC=C. The lowest BCUT2D eigenvalue weighted by atomic mass is 10.2. The highest BCUT2D eigenvalue weighted by Crippen LogP contribution is 1.99. The highest BCUT2D eigenvalue weighted by molar-refractivity contribution is 5.74. The molecule has 1 atom stereocenters.